The minimum atomic E-state index is -4.09. The Balaban J connectivity index is 3.32. The molecule has 0 saturated heterocycles. The number of rotatable bonds is 6. The number of sulfonamides is 1. The monoisotopic (exact) mass is 305 g/mol. The van der Waals surface area contributed by atoms with E-state index in [1.807, 2.05) is 0 Å². The van der Waals surface area contributed by atoms with Crippen LogP contribution in [0.1, 0.15) is 36.8 Å². The number of aromatic carboxylic acids is 1. The van der Waals surface area contributed by atoms with Crippen molar-refractivity contribution in [2.45, 2.75) is 38.3 Å². The molecule has 0 saturated carbocycles. The van der Waals surface area contributed by atoms with Gasteiger partial charge in [0, 0.05) is 18.8 Å². The van der Waals surface area contributed by atoms with Gasteiger partial charge >= 0.3 is 5.97 Å². The van der Waals surface area contributed by atoms with Crippen molar-refractivity contribution in [2.75, 3.05) is 13.1 Å². The molecule has 1 heterocycles. The third kappa shape index (κ3) is 3.35. The van der Waals surface area contributed by atoms with Crippen molar-refractivity contribution >= 4 is 16.0 Å². The van der Waals surface area contributed by atoms with Crippen molar-refractivity contribution in [1.82, 2.24) is 14.5 Å². The van der Waals surface area contributed by atoms with Gasteiger partial charge in [-0.1, -0.05) is 6.92 Å². The van der Waals surface area contributed by atoms with Gasteiger partial charge in [0.2, 0.25) is 5.03 Å². The zero-order chi connectivity index (χ0) is 15.7. The summed E-state index contributed by atoms with van der Waals surface area (Å²) in [4.78, 5) is 11.2. The molecule has 0 amide bonds. The number of H-pyrrole nitrogens is 1. The van der Waals surface area contributed by atoms with Gasteiger partial charge in [-0.15, -0.1) is 0 Å². The van der Waals surface area contributed by atoms with Gasteiger partial charge in [-0.25, -0.2) is 13.2 Å². The molecule has 0 fully saturated rings. The number of hydrogen-bond donors (Lipinski definition) is 3. The molecular formula is C11H19N3O5S. The molecule has 0 aliphatic rings. The van der Waals surface area contributed by atoms with Crippen LogP contribution in [0.15, 0.2) is 5.03 Å². The number of carbonyl (C=O) groups is 1. The summed E-state index contributed by atoms with van der Waals surface area (Å²) < 4.78 is 25.9. The molecular weight excluding hydrogens is 286 g/mol. The molecule has 0 radical (unpaired) electrons. The second kappa shape index (κ2) is 5.51. The van der Waals surface area contributed by atoms with Crippen molar-refractivity contribution in [3.05, 3.63) is 11.3 Å². The van der Waals surface area contributed by atoms with Gasteiger partial charge in [-0.05, 0) is 20.8 Å². The van der Waals surface area contributed by atoms with Crippen LogP contribution in [0, 0.1) is 6.92 Å². The second-order valence-electron chi connectivity index (χ2n) is 5.08. The van der Waals surface area contributed by atoms with Gasteiger partial charge in [0.25, 0.3) is 10.0 Å². The van der Waals surface area contributed by atoms with E-state index in [-0.39, 0.29) is 24.3 Å². The molecule has 0 unspecified atom stereocenters. The molecule has 114 valence electrons. The number of aromatic amines is 1. The van der Waals surface area contributed by atoms with Crippen LogP contribution >= 0.6 is 0 Å². The largest absolute Gasteiger partial charge is 0.478 e. The first-order chi connectivity index (χ1) is 9.00. The van der Waals surface area contributed by atoms with Gasteiger partial charge in [0.15, 0.2) is 0 Å². The number of aliphatic hydroxyl groups is 1. The molecule has 9 heteroatoms. The summed E-state index contributed by atoms with van der Waals surface area (Å²) in [5.74, 6) is -1.37. The molecule has 0 aromatic carbocycles. The van der Waals surface area contributed by atoms with Crippen molar-refractivity contribution in [2.24, 2.45) is 0 Å². The third-order valence-corrected chi connectivity index (χ3v) is 4.48. The predicted molar refractivity (Wildman–Crippen MR) is 71.0 cm³/mol. The number of nitrogens with one attached hydrogen (secondary N) is 1. The minimum absolute atomic E-state index is 0.0945. The Morgan fingerprint density at radius 3 is 2.40 bits per heavy atom. The SMILES string of the molecule is CCN(CC(C)(C)O)S(=O)(=O)c1n[nH]c(C)c1C(=O)O. The standard InChI is InChI=1S/C11H19N3O5S/c1-5-14(6-11(3,4)17)20(18,19)9-8(10(15)16)7(2)12-13-9/h17H,5-6H2,1-4H3,(H,12,13)(H,15,16). The lowest BCUT2D eigenvalue weighted by Gasteiger charge is -2.26. The van der Waals surface area contributed by atoms with Crippen LogP contribution < -0.4 is 0 Å². The number of carboxylic acid groups (broad SMARTS) is 1. The molecule has 1 aromatic rings. The fourth-order valence-corrected chi connectivity index (χ4v) is 3.50. The van der Waals surface area contributed by atoms with E-state index < -0.39 is 26.6 Å². The topological polar surface area (TPSA) is 124 Å². The van der Waals surface area contributed by atoms with E-state index in [1.165, 1.54) is 20.8 Å². The Bertz CT molecular complexity index is 600. The van der Waals surface area contributed by atoms with Gasteiger partial charge in [0.1, 0.15) is 5.56 Å². The van der Waals surface area contributed by atoms with Crippen LogP contribution in [0.3, 0.4) is 0 Å². The average Bonchev–Trinajstić information content (AvgIpc) is 2.67. The lowest BCUT2D eigenvalue weighted by molar-refractivity contribution is 0.0600. The van der Waals surface area contributed by atoms with E-state index in [4.69, 9.17) is 5.11 Å². The summed E-state index contributed by atoms with van der Waals surface area (Å²) in [5.41, 5.74) is -1.45. The molecule has 1 rings (SSSR count). The van der Waals surface area contributed by atoms with E-state index in [0.717, 1.165) is 4.31 Å². The lowest BCUT2D eigenvalue weighted by atomic mass is 10.1. The minimum Gasteiger partial charge on any atom is -0.478 e. The van der Waals surface area contributed by atoms with Crippen LogP contribution in [0.4, 0.5) is 0 Å². The highest BCUT2D eigenvalue weighted by molar-refractivity contribution is 7.89. The number of aryl methyl sites for hydroxylation is 1. The molecule has 0 aliphatic carbocycles. The molecule has 0 bridgehead atoms. The quantitative estimate of drug-likeness (QED) is 0.689. The Labute approximate surface area is 117 Å². The first-order valence-corrected chi connectivity index (χ1v) is 7.45. The lowest BCUT2D eigenvalue weighted by Crippen LogP contribution is -2.42. The predicted octanol–water partition coefficient (Wildman–Crippen LogP) is 0.198. The van der Waals surface area contributed by atoms with Crippen LogP contribution in [0.2, 0.25) is 0 Å². The van der Waals surface area contributed by atoms with E-state index in [1.54, 1.807) is 6.92 Å². The number of likely N-dealkylation sites (N-methyl/N-ethyl adjacent to an activating group) is 1. The van der Waals surface area contributed by atoms with E-state index in [2.05, 4.69) is 10.2 Å². The van der Waals surface area contributed by atoms with Gasteiger partial charge in [-0.3, -0.25) is 5.10 Å². The van der Waals surface area contributed by atoms with Crippen LogP contribution in [-0.4, -0.2) is 57.8 Å². The van der Waals surface area contributed by atoms with Crippen molar-refractivity contribution < 1.29 is 23.4 Å². The number of nitrogens with zero attached hydrogens (tertiary/aromatic N) is 2. The average molecular weight is 305 g/mol. The number of aromatic nitrogens is 2. The normalized spacial score (nSPS) is 12.9. The maximum absolute atomic E-state index is 12.4. The smallest absolute Gasteiger partial charge is 0.340 e. The Kier molecular flexibility index (Phi) is 4.57. The zero-order valence-corrected chi connectivity index (χ0v) is 12.7. The zero-order valence-electron chi connectivity index (χ0n) is 11.8. The highest BCUT2D eigenvalue weighted by Gasteiger charge is 2.34. The van der Waals surface area contributed by atoms with Gasteiger partial charge in [0.05, 0.1) is 5.60 Å². The summed E-state index contributed by atoms with van der Waals surface area (Å²) in [5, 5.41) is 24.3. The molecule has 0 atom stereocenters. The third-order valence-electron chi connectivity index (χ3n) is 2.63. The maximum Gasteiger partial charge on any atom is 0.340 e. The molecule has 1 aromatic heterocycles. The first-order valence-electron chi connectivity index (χ1n) is 6.01. The van der Waals surface area contributed by atoms with Gasteiger partial charge in [-0.2, -0.15) is 9.40 Å². The van der Waals surface area contributed by atoms with Crippen LogP contribution in [0.25, 0.3) is 0 Å². The van der Waals surface area contributed by atoms with E-state index in [9.17, 15) is 18.3 Å². The van der Waals surface area contributed by atoms with Crippen molar-refractivity contribution in [3.63, 3.8) is 0 Å². The Morgan fingerprint density at radius 2 is 2.00 bits per heavy atom. The molecule has 0 spiro atoms. The highest BCUT2D eigenvalue weighted by atomic mass is 32.2. The Hall–Kier alpha value is -1.45. The number of hydrogen-bond acceptors (Lipinski definition) is 5. The summed E-state index contributed by atoms with van der Waals surface area (Å²) in [6, 6.07) is 0. The fraction of sp³-hybridized carbons (Fsp3) is 0.636. The second-order valence-corrected chi connectivity index (χ2v) is 6.93. The molecule has 3 N–H and O–H groups in total. The van der Waals surface area contributed by atoms with Crippen molar-refractivity contribution in [3.8, 4) is 0 Å². The van der Waals surface area contributed by atoms with E-state index >= 15 is 0 Å². The fourth-order valence-electron chi connectivity index (χ4n) is 1.77. The summed E-state index contributed by atoms with van der Waals surface area (Å²) in [6.45, 7) is 5.91. The summed E-state index contributed by atoms with van der Waals surface area (Å²) in [6.07, 6.45) is 0. The molecule has 8 nitrogen and oxygen atoms in total. The van der Waals surface area contributed by atoms with Crippen molar-refractivity contribution in [1.29, 1.82) is 0 Å². The van der Waals surface area contributed by atoms with E-state index in [0.29, 0.717) is 0 Å². The Morgan fingerprint density at radius 1 is 1.45 bits per heavy atom. The molecule has 0 aliphatic heterocycles. The summed E-state index contributed by atoms with van der Waals surface area (Å²) in [7, 11) is -4.09. The highest BCUT2D eigenvalue weighted by Crippen LogP contribution is 2.22. The van der Waals surface area contributed by atoms with Crippen LogP contribution in [0.5, 0.6) is 0 Å². The molecule has 20 heavy (non-hydrogen) atoms. The van der Waals surface area contributed by atoms with Gasteiger partial charge < -0.3 is 10.2 Å². The maximum atomic E-state index is 12.4. The summed E-state index contributed by atoms with van der Waals surface area (Å²) >= 11 is 0. The number of carboxylic acids is 1. The first kappa shape index (κ1) is 16.6. The van der Waals surface area contributed by atoms with Crippen LogP contribution in [-0.2, 0) is 10.0 Å².